The highest BCUT2D eigenvalue weighted by Gasteiger charge is 2.33. The number of carbonyl (C=O) groups is 3. The van der Waals surface area contributed by atoms with Crippen LogP contribution in [0.3, 0.4) is 0 Å². The van der Waals surface area contributed by atoms with Gasteiger partial charge in [-0.05, 0) is 35.9 Å². The van der Waals surface area contributed by atoms with Gasteiger partial charge in [-0.25, -0.2) is 4.68 Å². The van der Waals surface area contributed by atoms with Crippen molar-refractivity contribution in [2.24, 2.45) is 0 Å². The van der Waals surface area contributed by atoms with Crippen LogP contribution >= 0.6 is 11.6 Å². The molecule has 0 aliphatic carbocycles. The Bertz CT molecular complexity index is 1140. The summed E-state index contributed by atoms with van der Waals surface area (Å²) in [5.74, 6) is -0.402. The van der Waals surface area contributed by atoms with Crippen LogP contribution in [0.4, 0.5) is 17.2 Å². The van der Waals surface area contributed by atoms with Crippen LogP contribution in [-0.2, 0) is 14.4 Å². The van der Waals surface area contributed by atoms with Gasteiger partial charge < -0.3 is 16.0 Å². The zero-order valence-corrected chi connectivity index (χ0v) is 16.7. The number of hydrogen-bond acceptors (Lipinski definition) is 4. The summed E-state index contributed by atoms with van der Waals surface area (Å²) < 4.78 is 1.51. The van der Waals surface area contributed by atoms with Gasteiger partial charge in [-0.1, -0.05) is 29.8 Å². The van der Waals surface area contributed by atoms with E-state index in [2.05, 4.69) is 21.0 Å². The molecule has 0 saturated carbocycles. The van der Waals surface area contributed by atoms with Gasteiger partial charge in [0, 0.05) is 28.9 Å². The van der Waals surface area contributed by atoms with E-state index in [1.54, 1.807) is 42.6 Å². The van der Waals surface area contributed by atoms with Crippen molar-refractivity contribution in [2.45, 2.75) is 19.4 Å². The Morgan fingerprint density at radius 3 is 2.53 bits per heavy atom. The number of nitrogens with one attached hydrogen (secondary N) is 3. The topological polar surface area (TPSA) is 105 Å². The summed E-state index contributed by atoms with van der Waals surface area (Å²) in [6.07, 6.45) is 1.58. The summed E-state index contributed by atoms with van der Waals surface area (Å²) in [6, 6.07) is 13.1. The van der Waals surface area contributed by atoms with Crippen LogP contribution < -0.4 is 16.0 Å². The third kappa shape index (κ3) is 4.04. The molecule has 0 unspecified atom stereocenters. The summed E-state index contributed by atoms with van der Waals surface area (Å²) in [6.45, 7) is 1.41. The number of nitrogens with zero attached hydrogens (tertiary/aromatic N) is 2. The lowest BCUT2D eigenvalue weighted by atomic mass is 10.1. The molecule has 1 aromatic heterocycles. The van der Waals surface area contributed by atoms with Crippen molar-refractivity contribution >= 4 is 46.5 Å². The predicted molar refractivity (Wildman–Crippen MR) is 114 cm³/mol. The summed E-state index contributed by atoms with van der Waals surface area (Å²) in [7, 11) is 0. The van der Waals surface area contributed by atoms with Crippen LogP contribution in [0.1, 0.15) is 19.4 Å². The molecule has 1 aliphatic heterocycles. The Morgan fingerprint density at radius 2 is 1.83 bits per heavy atom. The maximum atomic E-state index is 12.9. The molecule has 0 saturated heterocycles. The molecule has 9 heteroatoms. The van der Waals surface area contributed by atoms with Crippen molar-refractivity contribution in [2.75, 3.05) is 16.0 Å². The van der Waals surface area contributed by atoms with Crippen LogP contribution in [0.15, 0.2) is 54.7 Å². The molecule has 3 aromatic rings. The Hall–Kier alpha value is -3.65. The van der Waals surface area contributed by atoms with Crippen molar-refractivity contribution in [1.29, 1.82) is 0 Å². The maximum Gasteiger partial charge on any atom is 0.249 e. The monoisotopic (exact) mass is 423 g/mol. The molecule has 0 radical (unpaired) electrons. The first-order valence-electron chi connectivity index (χ1n) is 9.22. The Balaban J connectivity index is 1.60. The normalized spacial score (nSPS) is 15.1. The summed E-state index contributed by atoms with van der Waals surface area (Å²) in [5, 5.41) is 13.2. The van der Waals surface area contributed by atoms with Crippen LogP contribution in [-0.4, -0.2) is 27.5 Å². The lowest BCUT2D eigenvalue weighted by molar-refractivity contribution is -0.125. The van der Waals surface area contributed by atoms with E-state index in [9.17, 15) is 14.4 Å². The van der Waals surface area contributed by atoms with E-state index in [1.807, 2.05) is 12.1 Å². The van der Waals surface area contributed by atoms with E-state index in [0.29, 0.717) is 27.8 Å². The highest BCUT2D eigenvalue weighted by Crippen LogP contribution is 2.35. The minimum absolute atomic E-state index is 0.0358. The molecule has 2 aromatic carbocycles. The average molecular weight is 424 g/mol. The van der Waals surface area contributed by atoms with Gasteiger partial charge in [-0.2, -0.15) is 5.10 Å². The Kier molecular flexibility index (Phi) is 5.24. The summed E-state index contributed by atoms with van der Waals surface area (Å²) in [4.78, 5) is 36.5. The molecule has 0 bridgehead atoms. The quantitative estimate of drug-likeness (QED) is 0.595. The largest absolute Gasteiger partial charge is 0.326 e. The van der Waals surface area contributed by atoms with E-state index in [-0.39, 0.29) is 24.1 Å². The molecular weight excluding hydrogens is 406 g/mol. The third-order valence-electron chi connectivity index (χ3n) is 4.64. The number of aromatic nitrogens is 2. The number of rotatable bonds is 4. The fourth-order valence-electron chi connectivity index (χ4n) is 3.32. The van der Waals surface area contributed by atoms with Gasteiger partial charge in [0.05, 0.1) is 12.6 Å². The smallest absolute Gasteiger partial charge is 0.249 e. The fraction of sp³-hybridized carbons (Fsp3) is 0.143. The van der Waals surface area contributed by atoms with Crippen LogP contribution in [0, 0.1) is 0 Å². The van der Waals surface area contributed by atoms with Crippen molar-refractivity contribution in [3.63, 3.8) is 0 Å². The van der Waals surface area contributed by atoms with Gasteiger partial charge in [0.1, 0.15) is 11.9 Å². The second kappa shape index (κ2) is 8.00. The van der Waals surface area contributed by atoms with Crippen LogP contribution in [0.25, 0.3) is 11.1 Å². The maximum absolute atomic E-state index is 12.9. The van der Waals surface area contributed by atoms with E-state index in [0.717, 1.165) is 5.56 Å². The first kappa shape index (κ1) is 19.7. The first-order chi connectivity index (χ1) is 14.4. The molecule has 152 valence electrons. The molecule has 0 spiro atoms. The second-order valence-electron chi connectivity index (χ2n) is 6.88. The second-order valence-corrected chi connectivity index (χ2v) is 7.31. The molecular formula is C21H18ClN5O3. The minimum atomic E-state index is -0.806. The van der Waals surface area contributed by atoms with Gasteiger partial charge in [0.2, 0.25) is 17.7 Å². The van der Waals surface area contributed by atoms with Gasteiger partial charge >= 0.3 is 0 Å². The molecule has 30 heavy (non-hydrogen) atoms. The molecule has 4 rings (SSSR count). The minimum Gasteiger partial charge on any atom is -0.326 e. The molecule has 3 amide bonds. The van der Waals surface area contributed by atoms with Gasteiger partial charge in [-0.3, -0.25) is 14.4 Å². The molecule has 0 fully saturated rings. The van der Waals surface area contributed by atoms with E-state index in [1.165, 1.54) is 11.6 Å². The summed E-state index contributed by atoms with van der Waals surface area (Å²) in [5.41, 5.74) is 2.59. The van der Waals surface area contributed by atoms with Gasteiger partial charge in [0.25, 0.3) is 0 Å². The molecule has 1 atom stereocenters. The van der Waals surface area contributed by atoms with Crippen molar-refractivity contribution in [3.05, 3.63) is 59.8 Å². The van der Waals surface area contributed by atoms with Crippen LogP contribution in [0.2, 0.25) is 5.02 Å². The van der Waals surface area contributed by atoms with E-state index < -0.39 is 6.04 Å². The fourth-order valence-corrected chi connectivity index (χ4v) is 3.44. The first-order valence-corrected chi connectivity index (χ1v) is 9.60. The lowest BCUT2D eigenvalue weighted by Gasteiger charge is -2.24. The highest BCUT2D eigenvalue weighted by atomic mass is 35.5. The third-order valence-corrected chi connectivity index (χ3v) is 4.89. The van der Waals surface area contributed by atoms with Gasteiger partial charge in [-0.15, -0.1) is 0 Å². The standard InChI is InChI=1S/C21H18ClN5O3/c1-12(28)24-15-3-2-4-16(9-15)25-21(30)18-10-19(29)26-20-17(11-23-27(18)20)13-5-7-14(22)8-6-13/h2-9,11,18H,10H2,1H3,(H,24,28)(H,25,30)(H,26,29)/t18-/m0/s1. The van der Waals surface area contributed by atoms with Crippen molar-refractivity contribution in [1.82, 2.24) is 9.78 Å². The Morgan fingerprint density at radius 1 is 1.13 bits per heavy atom. The Labute approximate surface area is 177 Å². The molecule has 1 aliphatic rings. The number of fused-ring (bicyclic) bond motifs is 1. The number of anilines is 3. The number of carbonyl (C=O) groups excluding carboxylic acids is 3. The molecule has 8 nitrogen and oxygen atoms in total. The molecule has 2 heterocycles. The molecule has 3 N–H and O–H groups in total. The van der Waals surface area contributed by atoms with Crippen molar-refractivity contribution < 1.29 is 14.4 Å². The number of halogens is 1. The summed E-state index contributed by atoms with van der Waals surface area (Å²) >= 11 is 5.95. The van der Waals surface area contributed by atoms with Crippen LogP contribution in [0.5, 0.6) is 0 Å². The van der Waals surface area contributed by atoms with Gasteiger partial charge in [0.15, 0.2) is 0 Å². The number of hydrogen-bond donors (Lipinski definition) is 3. The zero-order valence-electron chi connectivity index (χ0n) is 16.0. The van der Waals surface area contributed by atoms with Crippen molar-refractivity contribution in [3.8, 4) is 11.1 Å². The zero-order chi connectivity index (χ0) is 21.3. The van der Waals surface area contributed by atoms with E-state index in [4.69, 9.17) is 11.6 Å². The average Bonchev–Trinajstić information content (AvgIpc) is 3.11. The highest BCUT2D eigenvalue weighted by molar-refractivity contribution is 6.30. The number of benzene rings is 2. The lowest BCUT2D eigenvalue weighted by Crippen LogP contribution is -2.35. The SMILES string of the molecule is CC(=O)Nc1cccc(NC(=O)[C@@H]2CC(=O)Nc3c(-c4ccc(Cl)cc4)cnn32)c1. The predicted octanol–water partition coefficient (Wildman–Crippen LogP) is 3.68. The van der Waals surface area contributed by atoms with E-state index >= 15 is 0 Å². The number of amides is 3.